The second kappa shape index (κ2) is 5.23. The smallest absolute Gasteiger partial charge is 0.237 e. The van der Waals surface area contributed by atoms with E-state index in [1.165, 1.54) is 0 Å². The van der Waals surface area contributed by atoms with Gasteiger partial charge in [0.05, 0.1) is 18.1 Å². The minimum absolute atomic E-state index is 0.506. The standard InChI is InChI=1S/C12H13N3O/c1-13-7-10-8-15-12(9-14-10)16-11-5-3-2-4-6-11/h2-6,8-9,13H,7H2,1H3. The van der Waals surface area contributed by atoms with E-state index in [4.69, 9.17) is 4.74 Å². The summed E-state index contributed by atoms with van der Waals surface area (Å²) >= 11 is 0. The number of rotatable bonds is 4. The normalized spacial score (nSPS) is 10.1. The summed E-state index contributed by atoms with van der Waals surface area (Å²) in [7, 11) is 1.87. The lowest BCUT2D eigenvalue weighted by atomic mass is 10.3. The van der Waals surface area contributed by atoms with Gasteiger partial charge in [-0.05, 0) is 19.2 Å². The van der Waals surface area contributed by atoms with Crippen LogP contribution in [0, 0.1) is 0 Å². The van der Waals surface area contributed by atoms with Crippen molar-refractivity contribution in [3.63, 3.8) is 0 Å². The highest BCUT2D eigenvalue weighted by molar-refractivity contribution is 5.25. The zero-order chi connectivity index (χ0) is 11.2. The summed E-state index contributed by atoms with van der Waals surface area (Å²) < 4.78 is 5.52. The SMILES string of the molecule is CNCc1cnc(Oc2ccccc2)cn1. The molecule has 1 aromatic heterocycles. The molecule has 2 rings (SSSR count). The molecule has 1 heterocycles. The van der Waals surface area contributed by atoms with E-state index in [9.17, 15) is 0 Å². The van der Waals surface area contributed by atoms with Gasteiger partial charge < -0.3 is 10.1 Å². The number of hydrogen-bond acceptors (Lipinski definition) is 4. The Bertz CT molecular complexity index is 428. The minimum Gasteiger partial charge on any atom is -0.438 e. The van der Waals surface area contributed by atoms with Crippen LogP contribution >= 0.6 is 0 Å². The Morgan fingerprint density at radius 3 is 2.56 bits per heavy atom. The fourth-order valence-corrected chi connectivity index (χ4v) is 1.28. The number of para-hydroxylation sites is 1. The zero-order valence-electron chi connectivity index (χ0n) is 9.05. The highest BCUT2D eigenvalue weighted by Crippen LogP contribution is 2.17. The molecule has 1 aromatic carbocycles. The van der Waals surface area contributed by atoms with Crippen LogP contribution in [0.2, 0.25) is 0 Å². The molecule has 16 heavy (non-hydrogen) atoms. The molecule has 0 unspecified atom stereocenters. The van der Waals surface area contributed by atoms with Crippen LogP contribution in [0.1, 0.15) is 5.69 Å². The van der Waals surface area contributed by atoms with E-state index in [1.54, 1.807) is 12.4 Å². The first-order valence-electron chi connectivity index (χ1n) is 5.07. The molecule has 2 aromatic rings. The quantitative estimate of drug-likeness (QED) is 0.847. The van der Waals surface area contributed by atoms with E-state index in [-0.39, 0.29) is 0 Å². The average molecular weight is 215 g/mol. The summed E-state index contributed by atoms with van der Waals surface area (Å²) in [6.45, 7) is 0.707. The highest BCUT2D eigenvalue weighted by atomic mass is 16.5. The monoisotopic (exact) mass is 215 g/mol. The Labute approximate surface area is 94.3 Å². The van der Waals surface area contributed by atoms with Crippen molar-refractivity contribution in [1.29, 1.82) is 0 Å². The van der Waals surface area contributed by atoms with Gasteiger partial charge in [-0.25, -0.2) is 4.98 Å². The molecule has 0 spiro atoms. The van der Waals surface area contributed by atoms with Gasteiger partial charge >= 0.3 is 0 Å². The van der Waals surface area contributed by atoms with E-state index in [0.29, 0.717) is 12.4 Å². The van der Waals surface area contributed by atoms with Gasteiger partial charge in [0.25, 0.3) is 0 Å². The largest absolute Gasteiger partial charge is 0.438 e. The molecule has 4 nitrogen and oxygen atoms in total. The fraction of sp³-hybridized carbons (Fsp3) is 0.167. The van der Waals surface area contributed by atoms with Crippen LogP contribution in [-0.2, 0) is 6.54 Å². The number of hydrogen-bond donors (Lipinski definition) is 1. The van der Waals surface area contributed by atoms with Gasteiger partial charge in [-0.1, -0.05) is 18.2 Å². The van der Waals surface area contributed by atoms with Crippen molar-refractivity contribution in [3.8, 4) is 11.6 Å². The first-order valence-corrected chi connectivity index (χ1v) is 5.07. The lowest BCUT2D eigenvalue weighted by molar-refractivity contribution is 0.459. The Balaban J connectivity index is 2.05. The molecule has 0 bridgehead atoms. The number of aromatic nitrogens is 2. The van der Waals surface area contributed by atoms with Crippen molar-refractivity contribution in [2.75, 3.05) is 7.05 Å². The van der Waals surface area contributed by atoms with E-state index >= 15 is 0 Å². The first-order chi connectivity index (χ1) is 7.88. The average Bonchev–Trinajstić information content (AvgIpc) is 2.33. The van der Waals surface area contributed by atoms with E-state index in [2.05, 4.69) is 15.3 Å². The fourth-order valence-electron chi connectivity index (χ4n) is 1.28. The van der Waals surface area contributed by atoms with Crippen molar-refractivity contribution in [2.24, 2.45) is 0 Å². The molecule has 0 fully saturated rings. The molecule has 0 aliphatic rings. The molecule has 0 saturated carbocycles. The first kappa shape index (κ1) is 10.6. The number of nitrogens with zero attached hydrogens (tertiary/aromatic N) is 2. The van der Waals surface area contributed by atoms with Crippen LogP contribution in [0.5, 0.6) is 11.6 Å². The number of nitrogens with one attached hydrogen (secondary N) is 1. The third kappa shape index (κ3) is 2.77. The van der Waals surface area contributed by atoms with Crippen LogP contribution < -0.4 is 10.1 Å². The van der Waals surface area contributed by atoms with Crippen molar-refractivity contribution in [2.45, 2.75) is 6.54 Å². The molecule has 0 aliphatic carbocycles. The third-order valence-corrected chi connectivity index (χ3v) is 2.01. The number of benzene rings is 1. The molecule has 0 saturated heterocycles. The Morgan fingerprint density at radius 2 is 1.94 bits per heavy atom. The molecule has 82 valence electrons. The Morgan fingerprint density at radius 1 is 1.12 bits per heavy atom. The van der Waals surface area contributed by atoms with Gasteiger partial charge in [0.1, 0.15) is 5.75 Å². The lowest BCUT2D eigenvalue weighted by Crippen LogP contribution is -2.07. The molecule has 4 heteroatoms. The molecular formula is C12H13N3O. The molecule has 1 N–H and O–H groups in total. The topological polar surface area (TPSA) is 47.0 Å². The third-order valence-electron chi connectivity index (χ3n) is 2.01. The maximum atomic E-state index is 5.52. The maximum absolute atomic E-state index is 5.52. The van der Waals surface area contributed by atoms with E-state index in [0.717, 1.165) is 11.4 Å². The summed E-state index contributed by atoms with van der Waals surface area (Å²) in [5.74, 6) is 1.27. The second-order valence-corrected chi connectivity index (χ2v) is 3.29. The second-order valence-electron chi connectivity index (χ2n) is 3.29. The van der Waals surface area contributed by atoms with Crippen LogP contribution in [-0.4, -0.2) is 17.0 Å². The highest BCUT2D eigenvalue weighted by Gasteiger charge is 1.99. The van der Waals surface area contributed by atoms with Crippen LogP contribution in [0.25, 0.3) is 0 Å². The molecular weight excluding hydrogens is 202 g/mol. The Hall–Kier alpha value is -1.94. The van der Waals surface area contributed by atoms with Crippen molar-refractivity contribution in [1.82, 2.24) is 15.3 Å². The molecule has 0 amide bonds. The summed E-state index contributed by atoms with van der Waals surface area (Å²) in [4.78, 5) is 8.38. The summed E-state index contributed by atoms with van der Waals surface area (Å²) in [6, 6.07) is 9.53. The Kier molecular flexibility index (Phi) is 3.46. The minimum atomic E-state index is 0.506. The molecule has 0 atom stereocenters. The zero-order valence-corrected chi connectivity index (χ0v) is 9.05. The van der Waals surface area contributed by atoms with Crippen LogP contribution in [0.3, 0.4) is 0 Å². The predicted octanol–water partition coefficient (Wildman–Crippen LogP) is 1.99. The van der Waals surface area contributed by atoms with Gasteiger partial charge in [-0.15, -0.1) is 0 Å². The maximum Gasteiger partial charge on any atom is 0.237 e. The summed E-state index contributed by atoms with van der Waals surface area (Å²) in [5.41, 5.74) is 0.892. The van der Waals surface area contributed by atoms with E-state index in [1.807, 2.05) is 37.4 Å². The van der Waals surface area contributed by atoms with Gasteiger partial charge in [-0.2, -0.15) is 0 Å². The predicted molar refractivity (Wildman–Crippen MR) is 61.3 cm³/mol. The molecule has 0 radical (unpaired) electrons. The van der Waals surface area contributed by atoms with Crippen LogP contribution in [0.15, 0.2) is 42.7 Å². The molecule has 0 aliphatic heterocycles. The van der Waals surface area contributed by atoms with Gasteiger partial charge in [0.15, 0.2) is 0 Å². The van der Waals surface area contributed by atoms with Gasteiger partial charge in [-0.3, -0.25) is 4.98 Å². The van der Waals surface area contributed by atoms with E-state index < -0.39 is 0 Å². The summed E-state index contributed by atoms with van der Waals surface area (Å²) in [5, 5.41) is 3.01. The van der Waals surface area contributed by atoms with Crippen molar-refractivity contribution >= 4 is 0 Å². The van der Waals surface area contributed by atoms with Gasteiger partial charge in [0.2, 0.25) is 5.88 Å². The van der Waals surface area contributed by atoms with Crippen LogP contribution in [0.4, 0.5) is 0 Å². The number of ether oxygens (including phenoxy) is 1. The van der Waals surface area contributed by atoms with Crippen molar-refractivity contribution < 1.29 is 4.74 Å². The van der Waals surface area contributed by atoms with Gasteiger partial charge in [0, 0.05) is 6.54 Å². The van der Waals surface area contributed by atoms with Crippen molar-refractivity contribution in [3.05, 3.63) is 48.4 Å². The lowest BCUT2D eigenvalue weighted by Gasteiger charge is -2.04. The summed E-state index contributed by atoms with van der Waals surface area (Å²) in [6.07, 6.45) is 3.33.